The van der Waals surface area contributed by atoms with Crippen molar-refractivity contribution in [2.75, 3.05) is 35.7 Å². The first kappa shape index (κ1) is 18.1. The maximum absolute atomic E-state index is 2.56. The minimum Gasteiger partial charge on any atom is -0.321 e. The lowest BCUT2D eigenvalue weighted by Crippen LogP contribution is -2.48. The fourth-order valence-corrected chi connectivity index (χ4v) is 7.20. The van der Waals surface area contributed by atoms with Crippen LogP contribution in [-0.4, -0.2) is 25.9 Å². The van der Waals surface area contributed by atoms with E-state index >= 15 is 0 Å². The molecule has 1 fully saturated rings. The summed E-state index contributed by atoms with van der Waals surface area (Å²) in [5.74, 6) is 0. The second kappa shape index (κ2) is 7.37. The smallest absolute Gasteiger partial charge is 0.138 e. The summed E-state index contributed by atoms with van der Waals surface area (Å²) in [4.78, 5) is 5.12. The lowest BCUT2D eigenvalue weighted by Gasteiger charge is -2.43. The van der Waals surface area contributed by atoms with Gasteiger partial charge in [0.1, 0.15) is 12.6 Å². The predicted molar refractivity (Wildman–Crippen MR) is 121 cm³/mol. The fourth-order valence-electron chi connectivity index (χ4n) is 3.88. The minimum absolute atomic E-state index is 0.939. The highest BCUT2D eigenvalue weighted by molar-refractivity contribution is 7.82. The van der Waals surface area contributed by atoms with Crippen molar-refractivity contribution in [3.05, 3.63) is 90.0 Å². The van der Waals surface area contributed by atoms with Crippen LogP contribution >= 0.6 is 7.26 Å². The molecule has 0 amide bonds. The molecule has 1 heterocycles. The van der Waals surface area contributed by atoms with Crippen LogP contribution in [0.15, 0.2) is 78.9 Å². The first-order chi connectivity index (χ1) is 13.0. The number of benzene rings is 3. The summed E-state index contributed by atoms with van der Waals surface area (Å²) in [6.45, 7) is 7.75. The van der Waals surface area contributed by atoms with Gasteiger partial charge in [-0.15, -0.1) is 0 Å². The summed E-state index contributed by atoms with van der Waals surface area (Å²) < 4.78 is 0. The van der Waals surface area contributed by atoms with E-state index in [4.69, 9.17) is 0 Å². The number of rotatable bonds is 3. The zero-order chi connectivity index (χ0) is 18.9. The fraction of sp³-hybridized carbons (Fsp3) is 0.250. The van der Waals surface area contributed by atoms with Crippen LogP contribution in [-0.2, 0) is 0 Å². The Morgan fingerprint density at radius 3 is 1.52 bits per heavy atom. The van der Waals surface area contributed by atoms with E-state index in [9.17, 15) is 0 Å². The summed E-state index contributed by atoms with van der Waals surface area (Å²) >= 11 is 0. The van der Waals surface area contributed by atoms with Gasteiger partial charge in [-0.25, -0.2) is 0 Å². The van der Waals surface area contributed by atoms with Gasteiger partial charge in [-0.05, 0) is 50.2 Å². The highest BCUT2D eigenvalue weighted by Crippen LogP contribution is 2.57. The lowest BCUT2D eigenvalue weighted by molar-refractivity contribution is 0.793. The third-order valence-corrected chi connectivity index (χ3v) is 8.96. The predicted octanol–water partition coefficient (Wildman–Crippen LogP) is 5.48. The quantitative estimate of drug-likeness (QED) is 0.560. The number of nitrogens with zero attached hydrogens (tertiary/aromatic N) is 2. The second-order valence-corrected chi connectivity index (χ2v) is 11.8. The van der Waals surface area contributed by atoms with Crippen LogP contribution in [0, 0.1) is 13.8 Å². The van der Waals surface area contributed by atoms with Crippen molar-refractivity contribution >= 4 is 23.9 Å². The Morgan fingerprint density at radius 1 is 0.630 bits per heavy atom. The molecule has 4 rings (SSSR count). The van der Waals surface area contributed by atoms with E-state index in [1.165, 1.54) is 27.8 Å². The van der Waals surface area contributed by atoms with E-state index in [-0.39, 0.29) is 0 Å². The highest BCUT2D eigenvalue weighted by Gasteiger charge is 2.43. The molecule has 0 bridgehead atoms. The van der Waals surface area contributed by atoms with Crippen LogP contribution in [0.25, 0.3) is 0 Å². The van der Waals surface area contributed by atoms with Gasteiger partial charge < -0.3 is 9.80 Å². The Hall–Kier alpha value is -2.31. The first-order valence-corrected chi connectivity index (χ1v) is 12.2. The van der Waals surface area contributed by atoms with E-state index in [0.29, 0.717) is 0 Å². The van der Waals surface area contributed by atoms with Gasteiger partial charge in [0, 0.05) is 11.4 Å². The second-order valence-electron chi connectivity index (χ2n) is 7.91. The molecule has 0 aliphatic carbocycles. The molecule has 138 valence electrons. The molecule has 0 aromatic heterocycles. The molecule has 3 aromatic rings. The molecule has 0 unspecified atom stereocenters. The van der Waals surface area contributed by atoms with Gasteiger partial charge in [0.15, 0.2) is 0 Å². The number of anilines is 2. The van der Waals surface area contributed by atoms with Gasteiger partial charge in [0.2, 0.25) is 0 Å². The van der Waals surface area contributed by atoms with E-state index in [1.807, 2.05) is 0 Å². The largest absolute Gasteiger partial charge is 0.321 e. The summed E-state index contributed by atoms with van der Waals surface area (Å²) in [5, 5.41) is 1.51. The SMILES string of the molecule is Cc1ccc(N2CN(c3ccc(C)cc3)C[P+](C)(c3ccccc3)C2)cc1. The van der Waals surface area contributed by atoms with Crippen molar-refractivity contribution in [2.45, 2.75) is 13.8 Å². The van der Waals surface area contributed by atoms with Crippen molar-refractivity contribution < 1.29 is 0 Å². The number of aryl methyl sites for hydroxylation is 2. The van der Waals surface area contributed by atoms with Gasteiger partial charge >= 0.3 is 0 Å². The molecule has 1 aliphatic rings. The molecule has 0 saturated carbocycles. The topological polar surface area (TPSA) is 6.48 Å². The maximum atomic E-state index is 2.56. The average molecular weight is 375 g/mol. The van der Waals surface area contributed by atoms with Crippen molar-refractivity contribution in [1.29, 1.82) is 0 Å². The summed E-state index contributed by atoms with van der Waals surface area (Å²) in [6, 6.07) is 29.1. The molecule has 1 aliphatic heterocycles. The van der Waals surface area contributed by atoms with Crippen molar-refractivity contribution in [3.8, 4) is 0 Å². The third-order valence-electron chi connectivity index (χ3n) is 5.48. The van der Waals surface area contributed by atoms with Crippen molar-refractivity contribution in [2.24, 2.45) is 0 Å². The van der Waals surface area contributed by atoms with Crippen LogP contribution in [0.4, 0.5) is 11.4 Å². The van der Waals surface area contributed by atoms with Crippen LogP contribution in [0.2, 0.25) is 0 Å². The summed E-state index contributed by atoms with van der Waals surface area (Å²) in [7, 11) is -1.33. The monoisotopic (exact) mass is 375 g/mol. The standard InChI is InChI=1S/C24H28N2P/c1-20-9-13-22(14-10-20)25-17-26(23-15-11-21(2)12-16-23)19-27(3,18-25)24-7-5-4-6-8-24/h4-16H,17-19H2,1-3H3/q+1. The van der Waals surface area contributed by atoms with Crippen LogP contribution in [0.1, 0.15) is 11.1 Å². The van der Waals surface area contributed by atoms with Crippen LogP contribution in [0.3, 0.4) is 0 Å². The van der Waals surface area contributed by atoms with E-state index in [2.05, 4.69) is 109 Å². The number of hydrogen-bond donors (Lipinski definition) is 0. The van der Waals surface area contributed by atoms with E-state index < -0.39 is 7.26 Å². The molecule has 0 spiro atoms. The van der Waals surface area contributed by atoms with Crippen molar-refractivity contribution in [1.82, 2.24) is 0 Å². The lowest BCUT2D eigenvalue weighted by atomic mass is 10.2. The van der Waals surface area contributed by atoms with Gasteiger partial charge in [-0.3, -0.25) is 0 Å². The molecular formula is C24H28N2P+. The van der Waals surface area contributed by atoms with Gasteiger partial charge in [0.25, 0.3) is 0 Å². The highest BCUT2D eigenvalue weighted by atomic mass is 31.2. The van der Waals surface area contributed by atoms with E-state index in [0.717, 1.165) is 19.2 Å². The molecule has 0 radical (unpaired) electrons. The summed E-state index contributed by atoms with van der Waals surface area (Å²) in [5.41, 5.74) is 5.26. The molecule has 3 aromatic carbocycles. The van der Waals surface area contributed by atoms with Crippen LogP contribution in [0.5, 0.6) is 0 Å². The molecular weight excluding hydrogens is 347 g/mol. The molecule has 0 N–H and O–H groups in total. The molecule has 3 heteroatoms. The Balaban J connectivity index is 1.72. The Bertz CT molecular complexity index is 834. The normalized spacial score (nSPS) is 16.4. The maximum Gasteiger partial charge on any atom is 0.138 e. The third kappa shape index (κ3) is 3.87. The zero-order valence-corrected chi connectivity index (χ0v) is 17.4. The van der Waals surface area contributed by atoms with Crippen LogP contribution < -0.4 is 15.1 Å². The Labute approximate surface area is 163 Å². The first-order valence-electron chi connectivity index (χ1n) is 9.57. The molecule has 2 nitrogen and oxygen atoms in total. The van der Waals surface area contributed by atoms with Gasteiger partial charge in [-0.1, -0.05) is 53.6 Å². The van der Waals surface area contributed by atoms with Crippen molar-refractivity contribution in [3.63, 3.8) is 0 Å². The number of hydrogen-bond acceptors (Lipinski definition) is 2. The zero-order valence-electron chi connectivity index (χ0n) is 16.5. The Morgan fingerprint density at radius 2 is 1.07 bits per heavy atom. The average Bonchev–Trinajstić information content (AvgIpc) is 2.69. The van der Waals surface area contributed by atoms with Gasteiger partial charge in [-0.2, -0.15) is 0 Å². The van der Waals surface area contributed by atoms with E-state index in [1.54, 1.807) is 0 Å². The van der Waals surface area contributed by atoms with Gasteiger partial charge in [0.05, 0.1) is 25.9 Å². The minimum atomic E-state index is -1.33. The Kier molecular flexibility index (Phi) is 4.93. The molecule has 0 atom stereocenters. The molecule has 27 heavy (non-hydrogen) atoms. The molecule has 1 saturated heterocycles. The summed E-state index contributed by atoms with van der Waals surface area (Å²) in [6.07, 6.45) is 2.25.